The van der Waals surface area contributed by atoms with Crippen LogP contribution in [0.15, 0.2) is 36.7 Å². The molecule has 2 aromatic rings. The Bertz CT molecular complexity index is 610. The van der Waals surface area contributed by atoms with E-state index >= 15 is 0 Å². The first kappa shape index (κ1) is 15.1. The lowest BCUT2D eigenvalue weighted by atomic mass is 10.1. The molecule has 1 unspecified atom stereocenters. The lowest BCUT2D eigenvalue weighted by Gasteiger charge is -2.18. The minimum absolute atomic E-state index is 0.204. The molecular weight excluding hydrogens is 270 g/mol. The molecule has 0 aliphatic rings. The number of ether oxygens (including phenoxy) is 2. The van der Waals surface area contributed by atoms with E-state index < -0.39 is 0 Å². The summed E-state index contributed by atoms with van der Waals surface area (Å²) >= 11 is 0. The molecule has 112 valence electrons. The molecule has 0 amide bonds. The second kappa shape index (κ2) is 6.90. The summed E-state index contributed by atoms with van der Waals surface area (Å²) in [5.41, 5.74) is 7.20. The van der Waals surface area contributed by atoms with Crippen molar-refractivity contribution in [3.63, 3.8) is 0 Å². The quantitative estimate of drug-likeness (QED) is 0.817. The highest BCUT2D eigenvalue weighted by Crippen LogP contribution is 2.26. The molecule has 0 fully saturated rings. The van der Waals surface area contributed by atoms with Crippen LogP contribution in [0.4, 0.5) is 0 Å². The number of esters is 1. The van der Waals surface area contributed by atoms with Crippen molar-refractivity contribution in [3.8, 4) is 5.75 Å². The largest absolute Gasteiger partial charge is 0.496 e. The Morgan fingerprint density at radius 3 is 2.86 bits per heavy atom. The van der Waals surface area contributed by atoms with E-state index in [1.165, 1.54) is 6.20 Å². The number of carbonyl (C=O) groups excluding carboxylic acids is 1. The van der Waals surface area contributed by atoms with Gasteiger partial charge in [-0.05, 0) is 13.0 Å². The van der Waals surface area contributed by atoms with E-state index in [0.717, 1.165) is 11.3 Å². The zero-order valence-electron chi connectivity index (χ0n) is 12.2. The zero-order valence-corrected chi connectivity index (χ0v) is 12.2. The molecule has 1 atom stereocenters. The van der Waals surface area contributed by atoms with Crippen LogP contribution in [0.1, 0.15) is 28.9 Å². The average molecular weight is 289 g/mol. The Balaban J connectivity index is 2.32. The van der Waals surface area contributed by atoms with E-state index in [4.69, 9.17) is 15.2 Å². The number of rotatable bonds is 6. The van der Waals surface area contributed by atoms with E-state index in [1.54, 1.807) is 24.9 Å². The normalized spacial score (nSPS) is 12.0. The molecule has 0 aliphatic carbocycles. The molecule has 0 saturated carbocycles. The third-order valence-corrected chi connectivity index (χ3v) is 3.15. The second-order valence-corrected chi connectivity index (χ2v) is 4.42. The summed E-state index contributed by atoms with van der Waals surface area (Å²) in [6.07, 6.45) is 3.12. The second-order valence-electron chi connectivity index (χ2n) is 4.42. The van der Waals surface area contributed by atoms with Gasteiger partial charge in [-0.3, -0.25) is 4.68 Å². The first-order valence-corrected chi connectivity index (χ1v) is 6.75. The van der Waals surface area contributed by atoms with Gasteiger partial charge in [-0.15, -0.1) is 0 Å². The summed E-state index contributed by atoms with van der Waals surface area (Å²) in [7, 11) is 1.61. The molecule has 6 nitrogen and oxygen atoms in total. The van der Waals surface area contributed by atoms with Crippen molar-refractivity contribution in [1.82, 2.24) is 9.78 Å². The van der Waals surface area contributed by atoms with Gasteiger partial charge in [0.25, 0.3) is 0 Å². The number of hydrogen-bond donors (Lipinski definition) is 1. The number of nitrogens with two attached hydrogens (primary N) is 1. The van der Waals surface area contributed by atoms with Crippen LogP contribution in [0, 0.1) is 0 Å². The van der Waals surface area contributed by atoms with Crippen molar-refractivity contribution in [2.75, 3.05) is 20.3 Å². The Kier molecular flexibility index (Phi) is 4.94. The maximum absolute atomic E-state index is 11.7. The number of methoxy groups -OCH3 is 1. The minimum atomic E-state index is -0.389. The standard InChI is InChI=1S/C15H19N3O3/c1-3-21-15(19)11-9-17-18(10-11)13(8-16)12-6-4-5-7-14(12)20-2/h4-7,9-10,13H,3,8,16H2,1-2H3. The Labute approximate surface area is 123 Å². The van der Waals surface area contributed by atoms with Gasteiger partial charge in [-0.2, -0.15) is 5.10 Å². The number of carbonyl (C=O) groups is 1. The Morgan fingerprint density at radius 1 is 1.43 bits per heavy atom. The van der Waals surface area contributed by atoms with E-state index in [1.807, 2.05) is 24.3 Å². The van der Waals surface area contributed by atoms with E-state index in [2.05, 4.69) is 5.10 Å². The number of nitrogens with zero attached hydrogens (tertiary/aromatic N) is 2. The van der Waals surface area contributed by atoms with Gasteiger partial charge < -0.3 is 15.2 Å². The van der Waals surface area contributed by atoms with Crippen LogP contribution >= 0.6 is 0 Å². The van der Waals surface area contributed by atoms with Crippen LogP contribution in [-0.4, -0.2) is 36.0 Å². The fourth-order valence-corrected chi connectivity index (χ4v) is 2.15. The number of aromatic nitrogens is 2. The predicted octanol–water partition coefficient (Wildman–Crippen LogP) is 1.62. The molecule has 0 aliphatic heterocycles. The van der Waals surface area contributed by atoms with Gasteiger partial charge in [-0.1, -0.05) is 18.2 Å². The molecule has 6 heteroatoms. The smallest absolute Gasteiger partial charge is 0.341 e. The van der Waals surface area contributed by atoms with Crippen LogP contribution in [0.5, 0.6) is 5.75 Å². The molecule has 2 rings (SSSR count). The van der Waals surface area contributed by atoms with E-state index in [9.17, 15) is 4.79 Å². The molecule has 21 heavy (non-hydrogen) atoms. The molecular formula is C15H19N3O3. The van der Waals surface area contributed by atoms with Crippen molar-refractivity contribution < 1.29 is 14.3 Å². The maximum Gasteiger partial charge on any atom is 0.341 e. The van der Waals surface area contributed by atoms with Gasteiger partial charge in [0.15, 0.2) is 0 Å². The fourth-order valence-electron chi connectivity index (χ4n) is 2.15. The Morgan fingerprint density at radius 2 is 2.19 bits per heavy atom. The highest BCUT2D eigenvalue weighted by Gasteiger charge is 2.19. The highest BCUT2D eigenvalue weighted by atomic mass is 16.5. The third-order valence-electron chi connectivity index (χ3n) is 3.15. The van der Waals surface area contributed by atoms with Gasteiger partial charge >= 0.3 is 5.97 Å². The van der Waals surface area contributed by atoms with Gasteiger partial charge in [0.05, 0.1) is 31.5 Å². The molecule has 1 aromatic carbocycles. The molecule has 1 heterocycles. The number of para-hydroxylation sites is 1. The molecule has 0 bridgehead atoms. The van der Waals surface area contributed by atoms with Crippen molar-refractivity contribution >= 4 is 5.97 Å². The number of benzene rings is 1. The predicted molar refractivity (Wildman–Crippen MR) is 78.4 cm³/mol. The first-order valence-electron chi connectivity index (χ1n) is 6.75. The Hall–Kier alpha value is -2.34. The topological polar surface area (TPSA) is 79.4 Å². The van der Waals surface area contributed by atoms with Crippen molar-refractivity contribution in [2.45, 2.75) is 13.0 Å². The molecule has 1 aromatic heterocycles. The fraction of sp³-hybridized carbons (Fsp3) is 0.333. The van der Waals surface area contributed by atoms with Crippen LogP contribution < -0.4 is 10.5 Å². The first-order chi connectivity index (χ1) is 10.2. The summed E-state index contributed by atoms with van der Waals surface area (Å²) in [6.45, 7) is 2.43. The van der Waals surface area contributed by atoms with Crippen LogP contribution in [0.3, 0.4) is 0 Å². The minimum Gasteiger partial charge on any atom is -0.496 e. The lowest BCUT2D eigenvalue weighted by molar-refractivity contribution is 0.0526. The lowest BCUT2D eigenvalue weighted by Crippen LogP contribution is -2.21. The summed E-state index contributed by atoms with van der Waals surface area (Å²) in [5.74, 6) is 0.348. The average Bonchev–Trinajstić information content (AvgIpc) is 2.98. The van der Waals surface area contributed by atoms with Crippen LogP contribution in [0.25, 0.3) is 0 Å². The molecule has 0 radical (unpaired) electrons. The number of hydrogen-bond acceptors (Lipinski definition) is 5. The summed E-state index contributed by atoms with van der Waals surface area (Å²) < 4.78 is 12.0. The third kappa shape index (κ3) is 3.22. The van der Waals surface area contributed by atoms with Gasteiger partial charge in [-0.25, -0.2) is 4.79 Å². The van der Waals surface area contributed by atoms with E-state index in [0.29, 0.717) is 18.7 Å². The summed E-state index contributed by atoms with van der Waals surface area (Å²) in [4.78, 5) is 11.7. The van der Waals surface area contributed by atoms with Gasteiger partial charge in [0.2, 0.25) is 0 Å². The van der Waals surface area contributed by atoms with Crippen LogP contribution in [0.2, 0.25) is 0 Å². The van der Waals surface area contributed by atoms with Crippen molar-refractivity contribution in [3.05, 3.63) is 47.8 Å². The van der Waals surface area contributed by atoms with Crippen LogP contribution in [-0.2, 0) is 4.74 Å². The summed E-state index contributed by atoms with van der Waals surface area (Å²) in [6, 6.07) is 7.40. The van der Waals surface area contributed by atoms with E-state index in [-0.39, 0.29) is 12.0 Å². The molecule has 2 N–H and O–H groups in total. The monoisotopic (exact) mass is 289 g/mol. The molecule has 0 saturated heterocycles. The van der Waals surface area contributed by atoms with Gasteiger partial charge in [0.1, 0.15) is 5.75 Å². The molecule has 0 spiro atoms. The van der Waals surface area contributed by atoms with Crippen molar-refractivity contribution in [1.29, 1.82) is 0 Å². The maximum atomic E-state index is 11.7. The SMILES string of the molecule is CCOC(=O)c1cnn(C(CN)c2ccccc2OC)c1. The zero-order chi connectivity index (χ0) is 15.2. The van der Waals surface area contributed by atoms with Gasteiger partial charge in [0, 0.05) is 18.3 Å². The highest BCUT2D eigenvalue weighted by molar-refractivity contribution is 5.88. The summed E-state index contributed by atoms with van der Waals surface area (Å²) in [5, 5.41) is 4.22. The van der Waals surface area contributed by atoms with Crippen molar-refractivity contribution in [2.24, 2.45) is 5.73 Å².